The van der Waals surface area contributed by atoms with Crippen LogP contribution in [0.3, 0.4) is 0 Å². The SMILES string of the molecule is N#Cc1ccc(NCC2(C(=O)O)CCOCC2)cn1. The molecule has 1 aromatic rings. The molecule has 2 N–H and O–H groups in total. The van der Waals surface area contributed by atoms with E-state index >= 15 is 0 Å². The Kier molecular flexibility index (Phi) is 3.97. The minimum Gasteiger partial charge on any atom is -0.481 e. The number of rotatable bonds is 4. The van der Waals surface area contributed by atoms with Gasteiger partial charge in [-0.15, -0.1) is 0 Å². The van der Waals surface area contributed by atoms with Gasteiger partial charge in [-0.1, -0.05) is 0 Å². The van der Waals surface area contributed by atoms with Gasteiger partial charge in [-0.2, -0.15) is 5.26 Å². The Balaban J connectivity index is 2.02. The van der Waals surface area contributed by atoms with Crippen LogP contribution in [-0.2, 0) is 9.53 Å². The molecule has 6 nitrogen and oxygen atoms in total. The zero-order chi connectivity index (χ0) is 13.7. The molecule has 0 unspecified atom stereocenters. The molecule has 1 fully saturated rings. The molecule has 2 heterocycles. The fraction of sp³-hybridized carbons (Fsp3) is 0.462. The van der Waals surface area contributed by atoms with E-state index in [0.29, 0.717) is 44.0 Å². The maximum absolute atomic E-state index is 11.4. The summed E-state index contributed by atoms with van der Waals surface area (Å²) in [6.45, 7) is 1.28. The second kappa shape index (κ2) is 5.67. The molecule has 100 valence electrons. The predicted molar refractivity (Wildman–Crippen MR) is 67.6 cm³/mol. The first kappa shape index (κ1) is 13.3. The lowest BCUT2D eigenvalue weighted by Crippen LogP contribution is -2.42. The summed E-state index contributed by atoms with van der Waals surface area (Å²) >= 11 is 0. The van der Waals surface area contributed by atoms with Crippen LogP contribution in [0.1, 0.15) is 18.5 Å². The third-order valence-electron chi connectivity index (χ3n) is 3.41. The van der Waals surface area contributed by atoms with Gasteiger partial charge in [0.2, 0.25) is 0 Å². The summed E-state index contributed by atoms with van der Waals surface area (Å²) in [6, 6.07) is 5.26. The fourth-order valence-corrected chi connectivity index (χ4v) is 2.06. The zero-order valence-electron chi connectivity index (χ0n) is 10.4. The number of anilines is 1. The van der Waals surface area contributed by atoms with Crippen molar-refractivity contribution in [3.8, 4) is 6.07 Å². The Morgan fingerprint density at radius 3 is 2.79 bits per heavy atom. The Labute approximate surface area is 111 Å². The summed E-state index contributed by atoms with van der Waals surface area (Å²) in [7, 11) is 0. The molecule has 1 aliphatic heterocycles. The van der Waals surface area contributed by atoms with Gasteiger partial charge >= 0.3 is 5.97 Å². The number of nitrogens with zero attached hydrogens (tertiary/aromatic N) is 2. The Morgan fingerprint density at radius 2 is 2.26 bits per heavy atom. The summed E-state index contributed by atoms with van der Waals surface area (Å²) in [5.41, 5.74) is 0.266. The zero-order valence-corrected chi connectivity index (χ0v) is 10.4. The highest BCUT2D eigenvalue weighted by Gasteiger charge is 2.39. The molecule has 1 aromatic heterocycles. The highest BCUT2D eigenvalue weighted by Crippen LogP contribution is 2.31. The standard InChI is InChI=1S/C13H15N3O3/c14-7-10-1-2-11(8-15-10)16-9-13(12(17)18)3-5-19-6-4-13/h1-2,8,16H,3-6,9H2,(H,17,18). The first-order valence-electron chi connectivity index (χ1n) is 6.07. The van der Waals surface area contributed by atoms with Crippen LogP contribution in [0.2, 0.25) is 0 Å². The number of aliphatic carboxylic acids is 1. The second-order valence-electron chi connectivity index (χ2n) is 4.60. The van der Waals surface area contributed by atoms with Gasteiger partial charge in [-0.05, 0) is 25.0 Å². The van der Waals surface area contributed by atoms with E-state index in [9.17, 15) is 9.90 Å². The summed E-state index contributed by atoms with van der Waals surface area (Å²) < 4.78 is 5.22. The summed E-state index contributed by atoms with van der Waals surface area (Å²) in [5.74, 6) is -0.801. The first-order valence-corrected chi connectivity index (χ1v) is 6.07. The van der Waals surface area contributed by atoms with E-state index in [2.05, 4.69) is 10.3 Å². The minimum atomic E-state index is -0.801. The minimum absolute atomic E-state index is 0.333. The van der Waals surface area contributed by atoms with E-state index in [1.54, 1.807) is 12.1 Å². The van der Waals surface area contributed by atoms with Gasteiger partial charge in [-0.25, -0.2) is 4.98 Å². The number of carbonyl (C=O) groups is 1. The third kappa shape index (κ3) is 3.01. The molecule has 0 radical (unpaired) electrons. The van der Waals surface area contributed by atoms with Crippen LogP contribution >= 0.6 is 0 Å². The summed E-state index contributed by atoms with van der Waals surface area (Å²) in [5, 5.41) is 21.1. The molecular weight excluding hydrogens is 246 g/mol. The lowest BCUT2D eigenvalue weighted by Gasteiger charge is -2.33. The van der Waals surface area contributed by atoms with Gasteiger partial charge in [0, 0.05) is 19.8 Å². The average molecular weight is 261 g/mol. The molecule has 0 atom stereocenters. The van der Waals surface area contributed by atoms with Crippen molar-refractivity contribution in [2.24, 2.45) is 5.41 Å². The van der Waals surface area contributed by atoms with Gasteiger partial charge in [0.25, 0.3) is 0 Å². The third-order valence-corrected chi connectivity index (χ3v) is 3.41. The van der Waals surface area contributed by atoms with Crippen LogP contribution in [0.5, 0.6) is 0 Å². The van der Waals surface area contributed by atoms with Crippen LogP contribution < -0.4 is 5.32 Å². The fourth-order valence-electron chi connectivity index (χ4n) is 2.06. The number of carboxylic acid groups (broad SMARTS) is 1. The van der Waals surface area contributed by atoms with Gasteiger partial charge < -0.3 is 15.2 Å². The second-order valence-corrected chi connectivity index (χ2v) is 4.60. The van der Waals surface area contributed by atoms with Crippen molar-refractivity contribution in [2.45, 2.75) is 12.8 Å². The summed E-state index contributed by atoms with van der Waals surface area (Å²) in [4.78, 5) is 15.4. The van der Waals surface area contributed by atoms with Crippen LogP contribution in [0.4, 0.5) is 5.69 Å². The van der Waals surface area contributed by atoms with Crippen molar-refractivity contribution in [2.75, 3.05) is 25.1 Å². The van der Waals surface area contributed by atoms with E-state index in [0.717, 1.165) is 0 Å². The smallest absolute Gasteiger partial charge is 0.311 e. The van der Waals surface area contributed by atoms with Crippen molar-refractivity contribution >= 4 is 11.7 Å². The highest BCUT2D eigenvalue weighted by molar-refractivity contribution is 5.75. The van der Waals surface area contributed by atoms with Crippen molar-refractivity contribution in [3.05, 3.63) is 24.0 Å². The van der Waals surface area contributed by atoms with E-state index < -0.39 is 11.4 Å². The molecule has 1 aliphatic rings. The maximum atomic E-state index is 11.4. The highest BCUT2D eigenvalue weighted by atomic mass is 16.5. The monoisotopic (exact) mass is 261 g/mol. The van der Waals surface area contributed by atoms with Gasteiger partial charge in [0.05, 0.1) is 17.3 Å². The number of nitriles is 1. The number of aromatic nitrogens is 1. The normalized spacial score (nSPS) is 17.4. The van der Waals surface area contributed by atoms with Crippen LogP contribution in [0.25, 0.3) is 0 Å². The molecule has 0 spiro atoms. The van der Waals surface area contributed by atoms with Gasteiger partial charge in [0.1, 0.15) is 11.8 Å². The first-order chi connectivity index (χ1) is 9.16. The number of nitrogens with one attached hydrogen (secondary N) is 1. The van der Waals surface area contributed by atoms with Crippen LogP contribution in [-0.4, -0.2) is 35.8 Å². The van der Waals surface area contributed by atoms with Crippen molar-refractivity contribution in [1.82, 2.24) is 4.98 Å². The molecular formula is C13H15N3O3. The number of ether oxygens (including phenoxy) is 1. The van der Waals surface area contributed by atoms with Crippen LogP contribution in [0.15, 0.2) is 18.3 Å². The van der Waals surface area contributed by atoms with Crippen molar-refractivity contribution in [1.29, 1.82) is 5.26 Å². The van der Waals surface area contributed by atoms with E-state index in [1.807, 2.05) is 6.07 Å². The number of hydrogen-bond acceptors (Lipinski definition) is 5. The molecule has 0 aliphatic carbocycles. The maximum Gasteiger partial charge on any atom is 0.311 e. The molecule has 6 heteroatoms. The number of pyridine rings is 1. The van der Waals surface area contributed by atoms with E-state index in [4.69, 9.17) is 10.00 Å². The number of hydrogen-bond donors (Lipinski definition) is 2. The largest absolute Gasteiger partial charge is 0.481 e. The molecule has 1 saturated heterocycles. The lowest BCUT2D eigenvalue weighted by atomic mass is 9.80. The van der Waals surface area contributed by atoms with E-state index in [1.165, 1.54) is 6.20 Å². The van der Waals surface area contributed by atoms with Crippen LogP contribution in [0, 0.1) is 16.7 Å². The molecule has 0 amide bonds. The van der Waals surface area contributed by atoms with Crippen molar-refractivity contribution in [3.63, 3.8) is 0 Å². The van der Waals surface area contributed by atoms with Crippen molar-refractivity contribution < 1.29 is 14.6 Å². The predicted octanol–water partition coefficient (Wildman–Crippen LogP) is 1.25. The average Bonchev–Trinajstić information content (AvgIpc) is 2.46. The molecule has 0 bridgehead atoms. The van der Waals surface area contributed by atoms with E-state index in [-0.39, 0.29) is 0 Å². The molecule has 2 rings (SSSR count). The molecule has 0 aromatic carbocycles. The number of carboxylic acids is 1. The Morgan fingerprint density at radius 1 is 1.53 bits per heavy atom. The Hall–Kier alpha value is -2.13. The summed E-state index contributed by atoms with van der Waals surface area (Å²) in [6.07, 6.45) is 2.53. The lowest BCUT2D eigenvalue weighted by molar-refractivity contribution is -0.153. The topological polar surface area (TPSA) is 95.2 Å². The Bertz CT molecular complexity index is 487. The van der Waals surface area contributed by atoms with Gasteiger partial charge in [-0.3, -0.25) is 4.79 Å². The molecule has 0 saturated carbocycles. The van der Waals surface area contributed by atoms with Gasteiger partial charge in [0.15, 0.2) is 0 Å². The quantitative estimate of drug-likeness (QED) is 0.846. The molecule has 19 heavy (non-hydrogen) atoms.